The van der Waals surface area contributed by atoms with Gasteiger partial charge in [0.2, 0.25) is 0 Å². The average Bonchev–Trinajstić information content (AvgIpc) is 3.39. The van der Waals surface area contributed by atoms with Crippen molar-refractivity contribution in [2.24, 2.45) is 0 Å². The molecule has 0 amide bonds. The van der Waals surface area contributed by atoms with Gasteiger partial charge in [-0.2, -0.15) is 0 Å². The van der Waals surface area contributed by atoms with Gasteiger partial charge in [-0.05, 0) is 59.7 Å². The summed E-state index contributed by atoms with van der Waals surface area (Å²) in [6, 6.07) is 7.97. The molecule has 160 valence electrons. The van der Waals surface area contributed by atoms with Crippen LogP contribution in [0.3, 0.4) is 0 Å². The normalized spacial score (nSPS) is 16.7. The quantitative estimate of drug-likeness (QED) is 0.546. The first-order chi connectivity index (χ1) is 14.6. The van der Waals surface area contributed by atoms with Gasteiger partial charge in [0, 0.05) is 37.4 Å². The fourth-order valence-electron chi connectivity index (χ4n) is 3.89. The van der Waals surface area contributed by atoms with Crippen molar-refractivity contribution in [1.82, 2.24) is 30.1 Å². The SMILES string of the molecule is Cc1ccc2cc(CN(CCCO)Cc3nnnn3CC3CCCO3)c(=O)[nH]c2c1. The maximum absolute atomic E-state index is 12.7. The van der Waals surface area contributed by atoms with Gasteiger partial charge in [0.1, 0.15) is 0 Å². The van der Waals surface area contributed by atoms with Gasteiger partial charge in [-0.25, -0.2) is 4.68 Å². The van der Waals surface area contributed by atoms with Crippen LogP contribution in [-0.2, 0) is 24.4 Å². The minimum Gasteiger partial charge on any atom is -0.396 e. The molecule has 1 saturated heterocycles. The van der Waals surface area contributed by atoms with Gasteiger partial charge in [0.05, 0.1) is 19.2 Å². The van der Waals surface area contributed by atoms with Crippen molar-refractivity contribution >= 4 is 10.9 Å². The standard InChI is InChI=1S/C21H28N6O3/c1-15-5-6-16-11-17(21(29)22-19(16)10-15)12-26(7-3-8-28)14-20-23-24-25-27(20)13-18-4-2-9-30-18/h5-6,10-11,18,28H,2-4,7-9,12-14H2,1H3,(H,22,29). The Labute approximate surface area is 174 Å². The third-order valence-electron chi connectivity index (χ3n) is 5.48. The molecule has 9 heteroatoms. The number of aliphatic hydroxyl groups is 1. The highest BCUT2D eigenvalue weighted by molar-refractivity contribution is 5.79. The molecule has 3 heterocycles. The number of tetrazole rings is 1. The predicted octanol–water partition coefficient (Wildman–Crippen LogP) is 1.39. The summed E-state index contributed by atoms with van der Waals surface area (Å²) >= 11 is 0. The molecule has 0 saturated carbocycles. The van der Waals surface area contributed by atoms with Crippen molar-refractivity contribution < 1.29 is 9.84 Å². The van der Waals surface area contributed by atoms with E-state index in [2.05, 4.69) is 25.4 Å². The van der Waals surface area contributed by atoms with Gasteiger partial charge >= 0.3 is 0 Å². The molecule has 1 atom stereocenters. The Morgan fingerprint density at radius 3 is 3.03 bits per heavy atom. The number of pyridine rings is 1. The van der Waals surface area contributed by atoms with Gasteiger partial charge in [-0.15, -0.1) is 5.10 Å². The number of aromatic amines is 1. The number of fused-ring (bicyclic) bond motifs is 1. The maximum atomic E-state index is 12.7. The second kappa shape index (κ2) is 9.46. The van der Waals surface area contributed by atoms with Crippen molar-refractivity contribution in [1.29, 1.82) is 0 Å². The number of H-pyrrole nitrogens is 1. The van der Waals surface area contributed by atoms with Crippen LogP contribution in [0.4, 0.5) is 0 Å². The van der Waals surface area contributed by atoms with E-state index < -0.39 is 0 Å². The highest BCUT2D eigenvalue weighted by Gasteiger charge is 2.20. The van der Waals surface area contributed by atoms with E-state index in [9.17, 15) is 9.90 Å². The molecule has 1 aliphatic heterocycles. The summed E-state index contributed by atoms with van der Waals surface area (Å²) in [4.78, 5) is 17.7. The number of aromatic nitrogens is 5. The Kier molecular flexibility index (Phi) is 6.51. The minimum absolute atomic E-state index is 0.0880. The second-order valence-corrected chi connectivity index (χ2v) is 7.91. The fraction of sp³-hybridized carbons (Fsp3) is 0.524. The van der Waals surface area contributed by atoms with E-state index in [4.69, 9.17) is 4.74 Å². The highest BCUT2D eigenvalue weighted by Crippen LogP contribution is 2.16. The van der Waals surface area contributed by atoms with Gasteiger partial charge < -0.3 is 14.8 Å². The third-order valence-corrected chi connectivity index (χ3v) is 5.48. The number of nitrogens with one attached hydrogen (secondary N) is 1. The van der Waals surface area contributed by atoms with Crippen molar-refractivity contribution in [3.05, 3.63) is 51.6 Å². The van der Waals surface area contributed by atoms with Crippen molar-refractivity contribution in [2.75, 3.05) is 19.8 Å². The topological polar surface area (TPSA) is 109 Å². The molecule has 1 unspecified atom stereocenters. The van der Waals surface area contributed by atoms with Crippen molar-refractivity contribution in [3.8, 4) is 0 Å². The molecule has 2 N–H and O–H groups in total. The first-order valence-corrected chi connectivity index (χ1v) is 10.4. The molecule has 1 fully saturated rings. The van der Waals surface area contributed by atoms with Gasteiger partial charge in [0.25, 0.3) is 5.56 Å². The maximum Gasteiger partial charge on any atom is 0.252 e. The summed E-state index contributed by atoms with van der Waals surface area (Å²) in [6.45, 7) is 5.08. The fourth-order valence-corrected chi connectivity index (χ4v) is 3.89. The van der Waals surface area contributed by atoms with Crippen LogP contribution in [0.2, 0.25) is 0 Å². The third kappa shape index (κ3) is 4.92. The van der Waals surface area contributed by atoms with Crippen LogP contribution in [0.1, 0.15) is 36.2 Å². The summed E-state index contributed by atoms with van der Waals surface area (Å²) in [6.07, 6.45) is 2.83. The molecule has 9 nitrogen and oxygen atoms in total. The highest BCUT2D eigenvalue weighted by atomic mass is 16.5. The van der Waals surface area contributed by atoms with Crippen LogP contribution in [0.25, 0.3) is 10.9 Å². The number of nitrogens with zero attached hydrogens (tertiary/aromatic N) is 5. The Morgan fingerprint density at radius 1 is 1.33 bits per heavy atom. The lowest BCUT2D eigenvalue weighted by atomic mass is 10.1. The van der Waals surface area contributed by atoms with E-state index >= 15 is 0 Å². The molecule has 0 aliphatic carbocycles. The van der Waals surface area contributed by atoms with Crippen molar-refractivity contribution in [3.63, 3.8) is 0 Å². The zero-order valence-electron chi connectivity index (χ0n) is 17.3. The molecule has 1 aliphatic rings. The molecule has 0 spiro atoms. The van der Waals surface area contributed by atoms with Crippen LogP contribution in [0.5, 0.6) is 0 Å². The van der Waals surface area contributed by atoms with E-state index in [0.717, 1.165) is 41.7 Å². The Morgan fingerprint density at radius 2 is 2.23 bits per heavy atom. The van der Waals surface area contributed by atoms with Crippen LogP contribution in [0, 0.1) is 6.92 Å². The summed E-state index contributed by atoms with van der Waals surface area (Å²) in [7, 11) is 0. The second-order valence-electron chi connectivity index (χ2n) is 7.91. The molecule has 4 rings (SSSR count). The van der Waals surface area contributed by atoms with Crippen LogP contribution < -0.4 is 5.56 Å². The summed E-state index contributed by atoms with van der Waals surface area (Å²) in [5.41, 5.74) is 2.53. The summed E-state index contributed by atoms with van der Waals surface area (Å²) in [5, 5.41) is 22.5. The molecule has 0 bridgehead atoms. The van der Waals surface area contributed by atoms with E-state index in [-0.39, 0.29) is 18.3 Å². The van der Waals surface area contributed by atoms with Crippen LogP contribution in [0.15, 0.2) is 29.1 Å². The number of hydrogen-bond donors (Lipinski definition) is 2. The molecule has 1 aromatic carbocycles. The Balaban J connectivity index is 1.53. The number of benzene rings is 1. The molecule has 30 heavy (non-hydrogen) atoms. The molecular weight excluding hydrogens is 384 g/mol. The number of aliphatic hydroxyl groups excluding tert-OH is 1. The summed E-state index contributed by atoms with van der Waals surface area (Å²) < 4.78 is 7.49. The smallest absolute Gasteiger partial charge is 0.252 e. The largest absolute Gasteiger partial charge is 0.396 e. The number of rotatable bonds is 9. The Hall–Kier alpha value is -2.62. The first kappa shape index (κ1) is 20.6. The lowest BCUT2D eigenvalue weighted by molar-refractivity contribution is 0.0915. The predicted molar refractivity (Wildman–Crippen MR) is 112 cm³/mol. The van der Waals surface area contributed by atoms with Crippen molar-refractivity contribution in [2.45, 2.75) is 51.9 Å². The van der Waals surface area contributed by atoms with Crippen LogP contribution >= 0.6 is 0 Å². The molecule has 0 radical (unpaired) electrons. The zero-order chi connectivity index (χ0) is 20.9. The van der Waals surface area contributed by atoms with E-state index in [1.807, 2.05) is 31.2 Å². The first-order valence-electron chi connectivity index (χ1n) is 10.4. The molecule has 3 aromatic rings. The Bertz CT molecular complexity index is 1040. The number of ether oxygens (including phenoxy) is 1. The summed E-state index contributed by atoms with van der Waals surface area (Å²) in [5.74, 6) is 0.733. The molecular formula is C21H28N6O3. The minimum atomic E-state index is -0.0963. The van der Waals surface area contributed by atoms with Crippen LogP contribution in [-0.4, -0.2) is 61.1 Å². The van der Waals surface area contributed by atoms with Gasteiger partial charge in [-0.1, -0.05) is 12.1 Å². The average molecular weight is 412 g/mol. The number of aryl methyl sites for hydroxylation is 1. The van der Waals surface area contributed by atoms with E-state index in [1.54, 1.807) is 4.68 Å². The lowest BCUT2D eigenvalue weighted by Crippen LogP contribution is -2.30. The zero-order valence-corrected chi connectivity index (χ0v) is 17.3. The number of hydrogen-bond acceptors (Lipinski definition) is 7. The van der Waals surface area contributed by atoms with E-state index in [1.165, 1.54) is 0 Å². The lowest BCUT2D eigenvalue weighted by Gasteiger charge is -2.21. The molecule has 2 aromatic heterocycles. The van der Waals surface area contributed by atoms with Gasteiger partial charge in [-0.3, -0.25) is 9.69 Å². The monoisotopic (exact) mass is 412 g/mol. The van der Waals surface area contributed by atoms with E-state index in [0.29, 0.717) is 38.2 Å². The van der Waals surface area contributed by atoms with Gasteiger partial charge in [0.15, 0.2) is 5.82 Å².